The van der Waals surface area contributed by atoms with Gasteiger partial charge in [-0.1, -0.05) is 13.3 Å². The number of hydrogen-bond acceptors (Lipinski definition) is 4. The van der Waals surface area contributed by atoms with Gasteiger partial charge in [0.1, 0.15) is 0 Å². The lowest BCUT2D eigenvalue weighted by molar-refractivity contribution is -0.138. The predicted octanol–water partition coefficient (Wildman–Crippen LogP) is 0.513. The Morgan fingerprint density at radius 1 is 1.57 bits per heavy atom. The number of carboxylic acids is 1. The molecule has 1 rings (SSSR count). The number of nitrogens with two attached hydrogens (primary N) is 1. The van der Waals surface area contributed by atoms with Crippen molar-refractivity contribution in [3.8, 4) is 0 Å². The fraction of sp³-hybridized carbons (Fsp3) is 0.444. The van der Waals surface area contributed by atoms with Crippen LogP contribution in [0, 0.1) is 0 Å². The lowest BCUT2D eigenvalue weighted by Crippen LogP contribution is -2.23. The van der Waals surface area contributed by atoms with E-state index in [-0.39, 0.29) is 5.82 Å². The highest BCUT2D eigenvalue weighted by Crippen LogP contribution is 2.05. The highest BCUT2D eigenvalue weighted by Gasteiger charge is 2.16. The summed E-state index contributed by atoms with van der Waals surface area (Å²) >= 11 is 0. The fourth-order valence-corrected chi connectivity index (χ4v) is 1.05. The van der Waals surface area contributed by atoms with E-state index in [0.29, 0.717) is 0 Å². The number of aromatic nitrogens is 2. The maximum absolute atomic E-state index is 10.5. The van der Waals surface area contributed by atoms with Gasteiger partial charge in [0.05, 0.1) is 0 Å². The highest BCUT2D eigenvalue weighted by atomic mass is 16.4. The Kier molecular flexibility index (Phi) is 3.53. The van der Waals surface area contributed by atoms with Crippen molar-refractivity contribution >= 4 is 5.97 Å². The number of nitrogens with zero attached hydrogens (tertiary/aromatic N) is 2. The molecule has 1 aromatic heterocycles. The van der Waals surface area contributed by atoms with Gasteiger partial charge in [-0.15, -0.1) is 0 Å². The van der Waals surface area contributed by atoms with E-state index in [1.807, 2.05) is 0 Å². The molecular weight excluding hydrogens is 182 g/mol. The van der Waals surface area contributed by atoms with Crippen molar-refractivity contribution in [1.82, 2.24) is 9.97 Å². The van der Waals surface area contributed by atoms with Crippen LogP contribution in [0.25, 0.3) is 0 Å². The largest absolute Gasteiger partial charge is 0.480 e. The number of aryl methyl sites for hydroxylation is 1. The van der Waals surface area contributed by atoms with Gasteiger partial charge in [0.2, 0.25) is 0 Å². The third kappa shape index (κ3) is 2.50. The molecule has 14 heavy (non-hydrogen) atoms. The summed E-state index contributed by atoms with van der Waals surface area (Å²) in [6, 6.07) is -1.13. The minimum atomic E-state index is -1.13. The Balaban J connectivity index is 2.77. The van der Waals surface area contributed by atoms with Crippen LogP contribution in [0.15, 0.2) is 12.4 Å². The fourth-order valence-electron chi connectivity index (χ4n) is 1.05. The van der Waals surface area contributed by atoms with Crippen LogP contribution in [-0.4, -0.2) is 21.0 Å². The van der Waals surface area contributed by atoms with Crippen molar-refractivity contribution in [2.45, 2.75) is 25.8 Å². The molecule has 3 N–H and O–H groups in total. The van der Waals surface area contributed by atoms with Crippen LogP contribution in [0.5, 0.6) is 0 Å². The van der Waals surface area contributed by atoms with Gasteiger partial charge in [-0.25, -0.2) is 9.97 Å². The topological polar surface area (TPSA) is 89.1 Å². The van der Waals surface area contributed by atoms with Crippen molar-refractivity contribution in [1.29, 1.82) is 0 Å². The molecule has 1 aromatic rings. The van der Waals surface area contributed by atoms with Gasteiger partial charge >= 0.3 is 5.97 Å². The van der Waals surface area contributed by atoms with Crippen LogP contribution >= 0.6 is 0 Å². The molecule has 1 unspecified atom stereocenters. The quantitative estimate of drug-likeness (QED) is 0.730. The van der Waals surface area contributed by atoms with Crippen LogP contribution < -0.4 is 5.73 Å². The normalized spacial score (nSPS) is 12.4. The lowest BCUT2D eigenvalue weighted by atomic mass is 10.2. The average molecular weight is 195 g/mol. The van der Waals surface area contributed by atoms with E-state index < -0.39 is 12.0 Å². The average Bonchev–Trinajstić information content (AvgIpc) is 2.18. The maximum Gasteiger partial charge on any atom is 0.328 e. The van der Waals surface area contributed by atoms with Gasteiger partial charge < -0.3 is 10.8 Å². The first-order chi connectivity index (χ1) is 6.65. The van der Waals surface area contributed by atoms with E-state index in [1.165, 1.54) is 0 Å². The van der Waals surface area contributed by atoms with Gasteiger partial charge in [-0.05, 0) is 12.0 Å². The number of carboxylic acid groups (broad SMARTS) is 1. The van der Waals surface area contributed by atoms with Crippen molar-refractivity contribution in [2.24, 2.45) is 5.73 Å². The minimum absolute atomic E-state index is 0.150. The summed E-state index contributed by atoms with van der Waals surface area (Å²) in [4.78, 5) is 18.3. The molecule has 0 bridgehead atoms. The molecule has 0 aliphatic rings. The minimum Gasteiger partial charge on any atom is -0.480 e. The van der Waals surface area contributed by atoms with E-state index in [0.717, 1.165) is 18.4 Å². The Labute approximate surface area is 82.0 Å². The first kappa shape index (κ1) is 10.6. The van der Waals surface area contributed by atoms with Gasteiger partial charge in [-0.2, -0.15) is 0 Å². The third-order valence-corrected chi connectivity index (χ3v) is 1.81. The van der Waals surface area contributed by atoms with Crippen molar-refractivity contribution in [3.63, 3.8) is 0 Å². The summed E-state index contributed by atoms with van der Waals surface area (Å²) in [6.45, 7) is 2.05. The molecule has 0 saturated heterocycles. The van der Waals surface area contributed by atoms with E-state index in [2.05, 4.69) is 16.9 Å². The van der Waals surface area contributed by atoms with E-state index in [1.54, 1.807) is 12.4 Å². The van der Waals surface area contributed by atoms with Gasteiger partial charge in [0, 0.05) is 12.4 Å². The zero-order valence-corrected chi connectivity index (χ0v) is 7.97. The molecule has 0 amide bonds. The van der Waals surface area contributed by atoms with Crippen molar-refractivity contribution in [3.05, 3.63) is 23.8 Å². The Morgan fingerprint density at radius 3 is 2.57 bits per heavy atom. The first-order valence-electron chi connectivity index (χ1n) is 4.44. The van der Waals surface area contributed by atoms with Gasteiger partial charge in [-0.3, -0.25) is 4.79 Å². The molecule has 0 saturated carbocycles. The zero-order chi connectivity index (χ0) is 10.6. The van der Waals surface area contributed by atoms with Gasteiger partial charge in [0.25, 0.3) is 0 Å². The standard InChI is InChI=1S/C9H13N3O2/c1-2-3-6-4-11-8(12-5-6)7(10)9(13)14/h4-5,7H,2-3,10H2,1H3,(H,13,14). The number of carbonyl (C=O) groups is 1. The first-order valence-corrected chi connectivity index (χ1v) is 4.44. The molecule has 0 fully saturated rings. The molecule has 5 nitrogen and oxygen atoms in total. The summed E-state index contributed by atoms with van der Waals surface area (Å²) in [6.07, 6.45) is 5.14. The van der Waals surface area contributed by atoms with Crippen LogP contribution in [0.4, 0.5) is 0 Å². The smallest absolute Gasteiger partial charge is 0.328 e. The van der Waals surface area contributed by atoms with Crippen LogP contribution in [0.1, 0.15) is 30.8 Å². The Morgan fingerprint density at radius 2 is 2.14 bits per heavy atom. The molecule has 1 atom stereocenters. The summed E-state index contributed by atoms with van der Waals surface area (Å²) in [5.74, 6) is -0.967. The Hall–Kier alpha value is -1.49. The molecule has 0 spiro atoms. The summed E-state index contributed by atoms with van der Waals surface area (Å²) in [5.41, 5.74) is 6.33. The molecular formula is C9H13N3O2. The van der Waals surface area contributed by atoms with Crippen LogP contribution in [-0.2, 0) is 11.2 Å². The third-order valence-electron chi connectivity index (χ3n) is 1.81. The van der Waals surface area contributed by atoms with Crippen molar-refractivity contribution in [2.75, 3.05) is 0 Å². The second-order valence-electron chi connectivity index (χ2n) is 3.02. The summed E-state index contributed by atoms with van der Waals surface area (Å²) < 4.78 is 0. The molecule has 0 aromatic carbocycles. The lowest BCUT2D eigenvalue weighted by Gasteiger charge is -2.04. The van der Waals surface area contributed by atoms with Crippen LogP contribution in [0.2, 0.25) is 0 Å². The Bertz CT molecular complexity index is 310. The molecule has 1 heterocycles. The number of hydrogen-bond donors (Lipinski definition) is 2. The summed E-state index contributed by atoms with van der Waals surface area (Å²) in [7, 11) is 0. The predicted molar refractivity (Wildman–Crippen MR) is 50.6 cm³/mol. The zero-order valence-electron chi connectivity index (χ0n) is 7.97. The second kappa shape index (κ2) is 4.66. The molecule has 76 valence electrons. The second-order valence-corrected chi connectivity index (χ2v) is 3.02. The maximum atomic E-state index is 10.5. The van der Waals surface area contributed by atoms with E-state index in [9.17, 15) is 4.79 Å². The monoisotopic (exact) mass is 195 g/mol. The molecule has 5 heteroatoms. The number of aliphatic carboxylic acids is 1. The highest BCUT2D eigenvalue weighted by molar-refractivity contribution is 5.73. The summed E-state index contributed by atoms with van der Waals surface area (Å²) in [5, 5.41) is 8.60. The van der Waals surface area contributed by atoms with Gasteiger partial charge in [0.15, 0.2) is 11.9 Å². The van der Waals surface area contributed by atoms with E-state index in [4.69, 9.17) is 10.8 Å². The number of rotatable bonds is 4. The van der Waals surface area contributed by atoms with E-state index >= 15 is 0 Å². The molecule has 0 aliphatic carbocycles. The van der Waals surface area contributed by atoms with Crippen LogP contribution in [0.3, 0.4) is 0 Å². The molecule has 0 aliphatic heterocycles. The molecule has 0 radical (unpaired) electrons. The van der Waals surface area contributed by atoms with Crippen molar-refractivity contribution < 1.29 is 9.90 Å². The SMILES string of the molecule is CCCc1cnc(C(N)C(=O)O)nc1.